The van der Waals surface area contributed by atoms with Crippen molar-refractivity contribution < 1.29 is 9.59 Å². The molecule has 0 aliphatic carbocycles. The molecule has 0 N–H and O–H groups in total. The Morgan fingerprint density at radius 1 is 1.24 bits per heavy atom. The van der Waals surface area contributed by atoms with E-state index in [1.165, 1.54) is 0 Å². The van der Waals surface area contributed by atoms with Crippen molar-refractivity contribution in [1.29, 1.82) is 0 Å². The molecular weight excluding hydrogens is 320 g/mol. The highest BCUT2D eigenvalue weighted by Gasteiger charge is 2.34. The molecule has 1 aromatic heterocycles. The molecule has 0 aromatic carbocycles. The van der Waals surface area contributed by atoms with Crippen molar-refractivity contribution in [2.45, 2.75) is 38.9 Å². The molecule has 0 saturated carbocycles. The van der Waals surface area contributed by atoms with Gasteiger partial charge in [0.25, 0.3) is 0 Å². The molecule has 3 rings (SSSR count). The lowest BCUT2D eigenvalue weighted by Crippen LogP contribution is -2.38. The molecular formula is C17H26N6O2. The van der Waals surface area contributed by atoms with Gasteiger partial charge in [-0.05, 0) is 26.9 Å². The van der Waals surface area contributed by atoms with Crippen LogP contribution in [-0.2, 0) is 22.7 Å². The van der Waals surface area contributed by atoms with Gasteiger partial charge in [-0.1, -0.05) is 6.08 Å². The monoisotopic (exact) mass is 346 g/mol. The predicted molar refractivity (Wildman–Crippen MR) is 92.5 cm³/mol. The number of rotatable bonds is 4. The van der Waals surface area contributed by atoms with Gasteiger partial charge < -0.3 is 19.3 Å². The number of likely N-dealkylation sites (tertiary alicyclic amines) is 1. The molecule has 3 heterocycles. The van der Waals surface area contributed by atoms with Crippen LogP contribution in [0.5, 0.6) is 0 Å². The minimum Gasteiger partial charge on any atom is -0.334 e. The van der Waals surface area contributed by atoms with E-state index in [1.54, 1.807) is 17.9 Å². The molecule has 1 atom stereocenters. The van der Waals surface area contributed by atoms with E-state index in [4.69, 9.17) is 0 Å². The predicted octanol–water partition coefficient (Wildman–Crippen LogP) is 0.422. The summed E-state index contributed by atoms with van der Waals surface area (Å²) < 4.78 is 2.08. The van der Waals surface area contributed by atoms with Gasteiger partial charge in [-0.3, -0.25) is 9.59 Å². The summed E-state index contributed by atoms with van der Waals surface area (Å²) in [4.78, 5) is 29.8. The Bertz CT molecular complexity index is 681. The van der Waals surface area contributed by atoms with Gasteiger partial charge in [0.2, 0.25) is 11.8 Å². The molecule has 8 nitrogen and oxygen atoms in total. The molecule has 1 aromatic rings. The molecule has 2 aliphatic rings. The summed E-state index contributed by atoms with van der Waals surface area (Å²) in [6.07, 6.45) is 5.42. The first-order valence-corrected chi connectivity index (χ1v) is 8.76. The molecule has 1 saturated heterocycles. The van der Waals surface area contributed by atoms with Crippen LogP contribution in [0.15, 0.2) is 12.2 Å². The zero-order valence-electron chi connectivity index (χ0n) is 15.2. The highest BCUT2D eigenvalue weighted by atomic mass is 16.2. The zero-order chi connectivity index (χ0) is 18.0. The van der Waals surface area contributed by atoms with Crippen LogP contribution in [0.25, 0.3) is 0 Å². The number of nitrogens with zero attached hydrogens (tertiary/aromatic N) is 6. The standard InChI is InChI=1S/C17H26N6O2/c1-13(24)21-10-11-23-15(12-21)18-19-17(23)14-6-4-9-22(14)16(25)7-5-8-20(2)3/h5,7,14H,4,6,8-12H2,1-3H3/b7-5+. The molecule has 0 radical (unpaired) electrons. The molecule has 0 bridgehead atoms. The molecule has 25 heavy (non-hydrogen) atoms. The van der Waals surface area contributed by atoms with Crippen molar-refractivity contribution in [3.05, 3.63) is 23.8 Å². The number of hydrogen-bond acceptors (Lipinski definition) is 5. The fourth-order valence-electron chi connectivity index (χ4n) is 3.45. The molecule has 1 unspecified atom stereocenters. The molecule has 1 fully saturated rings. The Hall–Kier alpha value is -2.22. The van der Waals surface area contributed by atoms with Crippen LogP contribution in [0.3, 0.4) is 0 Å². The van der Waals surface area contributed by atoms with E-state index in [2.05, 4.69) is 14.8 Å². The van der Waals surface area contributed by atoms with Gasteiger partial charge >= 0.3 is 0 Å². The number of carbonyl (C=O) groups excluding carboxylic acids is 2. The van der Waals surface area contributed by atoms with Crippen LogP contribution in [0.1, 0.15) is 37.5 Å². The molecule has 2 amide bonds. The third-order valence-corrected chi connectivity index (χ3v) is 4.79. The molecule has 136 valence electrons. The highest BCUT2D eigenvalue weighted by Crippen LogP contribution is 2.32. The first-order chi connectivity index (χ1) is 12.0. The maximum Gasteiger partial charge on any atom is 0.246 e. The smallest absolute Gasteiger partial charge is 0.246 e. The van der Waals surface area contributed by atoms with Gasteiger partial charge in [-0.15, -0.1) is 10.2 Å². The van der Waals surface area contributed by atoms with Crippen LogP contribution < -0.4 is 0 Å². The van der Waals surface area contributed by atoms with E-state index in [0.717, 1.165) is 37.6 Å². The van der Waals surface area contributed by atoms with Gasteiger partial charge in [0, 0.05) is 39.2 Å². The average Bonchev–Trinajstić information content (AvgIpc) is 3.19. The van der Waals surface area contributed by atoms with Crippen LogP contribution in [0.4, 0.5) is 0 Å². The highest BCUT2D eigenvalue weighted by molar-refractivity contribution is 5.88. The SMILES string of the molecule is CC(=O)N1CCn2c(nnc2C2CCCN2C(=O)/C=C/CN(C)C)C1. The number of aromatic nitrogens is 3. The molecule has 0 spiro atoms. The first-order valence-electron chi connectivity index (χ1n) is 8.76. The number of amides is 2. The largest absolute Gasteiger partial charge is 0.334 e. The van der Waals surface area contributed by atoms with E-state index >= 15 is 0 Å². The summed E-state index contributed by atoms with van der Waals surface area (Å²) >= 11 is 0. The third kappa shape index (κ3) is 3.73. The Morgan fingerprint density at radius 3 is 2.76 bits per heavy atom. The second-order valence-corrected chi connectivity index (χ2v) is 6.92. The quantitative estimate of drug-likeness (QED) is 0.739. The fourth-order valence-corrected chi connectivity index (χ4v) is 3.45. The third-order valence-electron chi connectivity index (χ3n) is 4.79. The summed E-state index contributed by atoms with van der Waals surface area (Å²) in [6.45, 7) is 4.90. The van der Waals surface area contributed by atoms with Crippen molar-refractivity contribution in [2.24, 2.45) is 0 Å². The zero-order valence-corrected chi connectivity index (χ0v) is 15.2. The van der Waals surface area contributed by atoms with Gasteiger partial charge in [0.05, 0.1) is 12.6 Å². The number of carbonyl (C=O) groups is 2. The topological polar surface area (TPSA) is 74.6 Å². The van der Waals surface area contributed by atoms with Crippen molar-refractivity contribution in [3.63, 3.8) is 0 Å². The van der Waals surface area contributed by atoms with E-state index < -0.39 is 0 Å². The maximum atomic E-state index is 12.6. The van der Waals surface area contributed by atoms with Crippen molar-refractivity contribution in [3.8, 4) is 0 Å². The van der Waals surface area contributed by atoms with Crippen LogP contribution >= 0.6 is 0 Å². The van der Waals surface area contributed by atoms with Crippen molar-refractivity contribution in [1.82, 2.24) is 29.5 Å². The maximum absolute atomic E-state index is 12.6. The molecule has 8 heteroatoms. The fraction of sp³-hybridized carbons (Fsp3) is 0.647. The van der Waals surface area contributed by atoms with Crippen molar-refractivity contribution in [2.75, 3.05) is 33.7 Å². The van der Waals surface area contributed by atoms with Crippen LogP contribution in [-0.4, -0.2) is 75.0 Å². The summed E-state index contributed by atoms with van der Waals surface area (Å²) in [6, 6.07) is -0.0263. The number of likely N-dealkylation sites (N-methyl/N-ethyl adjacent to an activating group) is 1. The Labute approximate surface area is 148 Å². The minimum atomic E-state index is -0.0263. The summed E-state index contributed by atoms with van der Waals surface area (Å²) in [5, 5.41) is 8.63. The molecule has 2 aliphatic heterocycles. The summed E-state index contributed by atoms with van der Waals surface area (Å²) in [7, 11) is 3.95. The van der Waals surface area contributed by atoms with Gasteiger partial charge in [0.1, 0.15) is 0 Å². The average molecular weight is 346 g/mol. The summed E-state index contributed by atoms with van der Waals surface area (Å²) in [5.41, 5.74) is 0. The lowest BCUT2D eigenvalue weighted by Gasteiger charge is -2.29. The van der Waals surface area contributed by atoms with E-state index in [9.17, 15) is 9.59 Å². The van der Waals surface area contributed by atoms with Gasteiger partial charge in [0.15, 0.2) is 11.6 Å². The van der Waals surface area contributed by atoms with E-state index in [-0.39, 0.29) is 17.9 Å². The van der Waals surface area contributed by atoms with Gasteiger partial charge in [-0.25, -0.2) is 0 Å². The Kier molecular flexibility index (Phi) is 5.17. The van der Waals surface area contributed by atoms with E-state index in [0.29, 0.717) is 19.6 Å². The Morgan fingerprint density at radius 2 is 2.04 bits per heavy atom. The van der Waals surface area contributed by atoms with Crippen molar-refractivity contribution >= 4 is 11.8 Å². The lowest BCUT2D eigenvalue weighted by molar-refractivity contribution is -0.130. The normalized spacial score (nSPS) is 20.6. The lowest BCUT2D eigenvalue weighted by atomic mass is 10.2. The second kappa shape index (κ2) is 7.35. The van der Waals surface area contributed by atoms with E-state index in [1.807, 2.05) is 30.0 Å². The number of hydrogen-bond donors (Lipinski definition) is 0. The summed E-state index contributed by atoms with van der Waals surface area (Å²) in [5.74, 6) is 1.74. The Balaban J connectivity index is 1.74. The second-order valence-electron chi connectivity index (χ2n) is 6.92. The van der Waals surface area contributed by atoms with Crippen LogP contribution in [0.2, 0.25) is 0 Å². The van der Waals surface area contributed by atoms with Crippen LogP contribution in [0, 0.1) is 0 Å². The number of fused-ring (bicyclic) bond motifs is 1. The first kappa shape index (κ1) is 17.6. The van der Waals surface area contributed by atoms with Gasteiger partial charge in [-0.2, -0.15) is 0 Å². The minimum absolute atomic E-state index is 0.0263.